The van der Waals surface area contributed by atoms with Gasteiger partial charge in [0.2, 0.25) is 5.91 Å². The van der Waals surface area contributed by atoms with E-state index < -0.39 is 23.1 Å². The largest absolute Gasteiger partial charge is 0.496 e. The van der Waals surface area contributed by atoms with Gasteiger partial charge in [0.05, 0.1) is 12.7 Å². The second-order valence-corrected chi connectivity index (χ2v) is 7.56. The van der Waals surface area contributed by atoms with Gasteiger partial charge in [-0.2, -0.15) is 13.2 Å². The van der Waals surface area contributed by atoms with Crippen molar-refractivity contribution >= 4 is 23.2 Å². The molecule has 1 aliphatic rings. The Hall–Kier alpha value is -2.99. The molecular weight excluding hydrogens is 415 g/mol. The third kappa shape index (κ3) is 3.31. The Morgan fingerprint density at radius 3 is 2.40 bits per heavy atom. The van der Waals surface area contributed by atoms with Crippen molar-refractivity contribution in [3.63, 3.8) is 0 Å². The third-order valence-corrected chi connectivity index (χ3v) is 5.61. The van der Waals surface area contributed by atoms with Crippen LogP contribution in [0, 0.1) is 0 Å². The fourth-order valence-electron chi connectivity index (χ4n) is 4.00. The van der Waals surface area contributed by atoms with Crippen LogP contribution < -0.4 is 10.1 Å². The molecule has 0 saturated carbocycles. The molecule has 0 aliphatic carbocycles. The number of alkyl halides is 3. The summed E-state index contributed by atoms with van der Waals surface area (Å²) in [5, 5.41) is 3.05. The minimum absolute atomic E-state index is 0.132. The Bertz CT molecular complexity index is 1120. The van der Waals surface area contributed by atoms with E-state index in [1.165, 1.54) is 13.2 Å². The topological polar surface area (TPSA) is 38.3 Å². The summed E-state index contributed by atoms with van der Waals surface area (Å²) in [6.45, 7) is 0. The maximum atomic E-state index is 13.4. The number of methoxy groups -OCH3 is 1. The number of fused-ring (bicyclic) bond motifs is 1. The molecule has 0 aromatic heterocycles. The lowest BCUT2D eigenvalue weighted by Crippen LogP contribution is -2.38. The Kier molecular flexibility index (Phi) is 4.98. The van der Waals surface area contributed by atoms with Gasteiger partial charge in [-0.1, -0.05) is 48.0 Å². The van der Waals surface area contributed by atoms with E-state index in [4.69, 9.17) is 16.3 Å². The Labute approximate surface area is 176 Å². The Morgan fingerprint density at radius 1 is 1.00 bits per heavy atom. The summed E-state index contributed by atoms with van der Waals surface area (Å²) in [6.07, 6.45) is -4.28. The zero-order chi connectivity index (χ0) is 21.5. The highest BCUT2D eigenvalue weighted by Gasteiger charge is 2.50. The number of anilines is 1. The van der Waals surface area contributed by atoms with Gasteiger partial charge in [-0.05, 0) is 47.9 Å². The van der Waals surface area contributed by atoms with Crippen LogP contribution in [0.1, 0.15) is 22.3 Å². The molecule has 1 N–H and O–H groups in total. The third-order valence-electron chi connectivity index (χ3n) is 5.38. The Balaban J connectivity index is 1.99. The predicted molar refractivity (Wildman–Crippen MR) is 109 cm³/mol. The van der Waals surface area contributed by atoms with Crippen molar-refractivity contribution in [3.8, 4) is 5.75 Å². The van der Waals surface area contributed by atoms with Gasteiger partial charge in [-0.25, -0.2) is 0 Å². The molecule has 7 heteroatoms. The van der Waals surface area contributed by atoms with Crippen molar-refractivity contribution in [2.75, 3.05) is 12.4 Å². The fraction of sp³-hybridized carbons (Fsp3) is 0.174. The SMILES string of the molecule is COc1ccc(Cl)cc1[C@]1(Cc2ccccc2)C(=O)Nc2cc(C(F)(F)F)ccc21. The molecule has 1 heterocycles. The molecule has 3 aromatic carbocycles. The molecule has 4 rings (SSSR count). The van der Waals surface area contributed by atoms with Gasteiger partial charge in [0.25, 0.3) is 0 Å². The van der Waals surface area contributed by atoms with E-state index in [1.807, 2.05) is 30.3 Å². The van der Waals surface area contributed by atoms with Crippen LogP contribution in [0.4, 0.5) is 18.9 Å². The second-order valence-electron chi connectivity index (χ2n) is 7.12. The van der Waals surface area contributed by atoms with Crippen LogP contribution in [0.25, 0.3) is 0 Å². The molecule has 3 nitrogen and oxygen atoms in total. The van der Waals surface area contributed by atoms with Crippen LogP contribution in [-0.2, 0) is 22.8 Å². The number of carbonyl (C=O) groups is 1. The summed E-state index contributed by atoms with van der Waals surface area (Å²) >= 11 is 6.24. The van der Waals surface area contributed by atoms with Crippen LogP contribution in [0.15, 0.2) is 66.7 Å². The predicted octanol–water partition coefficient (Wildman–Crippen LogP) is 5.85. The lowest BCUT2D eigenvalue weighted by Gasteiger charge is -2.30. The van der Waals surface area contributed by atoms with E-state index in [1.54, 1.807) is 18.2 Å². The van der Waals surface area contributed by atoms with E-state index >= 15 is 0 Å². The lowest BCUT2D eigenvalue weighted by molar-refractivity contribution is -0.137. The number of halogens is 4. The summed E-state index contributed by atoms with van der Waals surface area (Å²) in [5.41, 5.74) is -0.190. The highest BCUT2D eigenvalue weighted by molar-refractivity contribution is 6.30. The van der Waals surface area contributed by atoms with Gasteiger partial charge in [0.1, 0.15) is 11.2 Å². The molecular formula is C23H17ClF3NO2. The number of amides is 1. The van der Waals surface area contributed by atoms with Crippen molar-refractivity contribution in [2.24, 2.45) is 0 Å². The molecule has 0 spiro atoms. The molecule has 1 atom stereocenters. The van der Waals surface area contributed by atoms with Gasteiger partial charge in [-0.3, -0.25) is 4.79 Å². The highest BCUT2D eigenvalue weighted by atomic mass is 35.5. The number of benzene rings is 3. The average Bonchev–Trinajstić information content (AvgIpc) is 2.99. The van der Waals surface area contributed by atoms with Crippen molar-refractivity contribution < 1.29 is 22.7 Å². The molecule has 1 aliphatic heterocycles. The summed E-state index contributed by atoms with van der Waals surface area (Å²) < 4.78 is 45.2. The van der Waals surface area contributed by atoms with Gasteiger partial charge < -0.3 is 10.1 Å². The van der Waals surface area contributed by atoms with Crippen LogP contribution in [0.5, 0.6) is 5.75 Å². The van der Waals surface area contributed by atoms with Crippen molar-refractivity contribution in [3.05, 3.63) is 94.0 Å². The average molecular weight is 432 g/mol. The number of ether oxygens (including phenoxy) is 1. The van der Waals surface area contributed by atoms with Gasteiger partial charge in [0.15, 0.2) is 0 Å². The molecule has 0 fully saturated rings. The number of nitrogens with one attached hydrogen (secondary N) is 1. The van der Waals surface area contributed by atoms with Crippen LogP contribution in [0.3, 0.4) is 0 Å². The lowest BCUT2D eigenvalue weighted by atomic mass is 9.70. The van der Waals surface area contributed by atoms with Crippen LogP contribution in [0.2, 0.25) is 5.02 Å². The fourth-order valence-corrected chi connectivity index (χ4v) is 4.17. The van der Waals surface area contributed by atoms with E-state index in [9.17, 15) is 18.0 Å². The highest BCUT2D eigenvalue weighted by Crippen LogP contribution is 2.49. The van der Waals surface area contributed by atoms with E-state index in [-0.39, 0.29) is 12.1 Å². The summed E-state index contributed by atoms with van der Waals surface area (Å²) in [7, 11) is 1.48. The van der Waals surface area contributed by atoms with Crippen LogP contribution >= 0.6 is 11.6 Å². The first-order valence-corrected chi connectivity index (χ1v) is 9.54. The normalized spacial score (nSPS) is 18.1. The molecule has 30 heavy (non-hydrogen) atoms. The molecule has 154 valence electrons. The zero-order valence-electron chi connectivity index (χ0n) is 15.9. The first kappa shape index (κ1) is 20.3. The monoisotopic (exact) mass is 431 g/mol. The van der Waals surface area contributed by atoms with Crippen LogP contribution in [-0.4, -0.2) is 13.0 Å². The zero-order valence-corrected chi connectivity index (χ0v) is 16.6. The minimum atomic E-state index is -4.52. The van der Waals surface area contributed by atoms with Gasteiger partial charge >= 0.3 is 6.18 Å². The standard InChI is InChI=1S/C23H17ClF3NO2/c1-30-20-10-8-16(24)12-18(20)22(13-14-5-3-2-4-6-14)17-9-7-15(23(25,26)27)11-19(17)28-21(22)29/h2-12H,13H2,1H3,(H,28,29)/t22-/m1/s1. The molecule has 0 unspecified atom stereocenters. The summed E-state index contributed by atoms with van der Waals surface area (Å²) in [5.74, 6) is -0.000488. The number of hydrogen-bond acceptors (Lipinski definition) is 2. The van der Waals surface area contributed by atoms with Gasteiger partial charge in [-0.15, -0.1) is 0 Å². The van der Waals surface area contributed by atoms with Crippen molar-refractivity contribution in [1.82, 2.24) is 0 Å². The molecule has 3 aromatic rings. The first-order valence-electron chi connectivity index (χ1n) is 9.17. The number of carbonyl (C=O) groups excluding carboxylic acids is 1. The maximum absolute atomic E-state index is 13.4. The molecule has 0 bridgehead atoms. The first-order chi connectivity index (χ1) is 14.3. The van der Waals surface area contributed by atoms with Gasteiger partial charge in [0, 0.05) is 16.3 Å². The molecule has 1 amide bonds. The number of rotatable bonds is 4. The van der Waals surface area contributed by atoms with E-state index in [2.05, 4.69) is 5.32 Å². The second kappa shape index (κ2) is 7.36. The molecule has 0 saturated heterocycles. The van der Waals surface area contributed by atoms with E-state index in [0.717, 1.165) is 17.7 Å². The smallest absolute Gasteiger partial charge is 0.416 e. The quantitative estimate of drug-likeness (QED) is 0.563. The summed E-state index contributed by atoms with van der Waals surface area (Å²) in [6, 6.07) is 17.5. The maximum Gasteiger partial charge on any atom is 0.416 e. The number of hydrogen-bond donors (Lipinski definition) is 1. The summed E-state index contributed by atoms with van der Waals surface area (Å²) in [4.78, 5) is 13.4. The van der Waals surface area contributed by atoms with Crippen molar-refractivity contribution in [2.45, 2.75) is 18.0 Å². The van der Waals surface area contributed by atoms with Crippen molar-refractivity contribution in [1.29, 1.82) is 0 Å². The Morgan fingerprint density at radius 2 is 1.73 bits per heavy atom. The minimum Gasteiger partial charge on any atom is -0.496 e. The molecule has 0 radical (unpaired) electrons. The van der Waals surface area contributed by atoms with E-state index in [0.29, 0.717) is 21.9 Å².